The first-order valence-corrected chi connectivity index (χ1v) is 8.50. The van der Waals surface area contributed by atoms with Gasteiger partial charge in [-0.2, -0.15) is 0 Å². The van der Waals surface area contributed by atoms with Crippen molar-refractivity contribution in [1.82, 2.24) is 4.90 Å². The summed E-state index contributed by atoms with van der Waals surface area (Å²) < 4.78 is 13.2. The number of ketones is 1. The lowest BCUT2D eigenvalue weighted by atomic mass is 9.71. The second-order valence-corrected chi connectivity index (χ2v) is 6.92. The second kappa shape index (κ2) is 6.02. The molecule has 3 unspecified atom stereocenters. The lowest BCUT2D eigenvalue weighted by Crippen LogP contribution is -2.53. The molecule has 3 aliphatic rings. The van der Waals surface area contributed by atoms with Crippen LogP contribution in [0.1, 0.15) is 36.4 Å². The molecule has 4 heteroatoms. The van der Waals surface area contributed by atoms with Crippen molar-refractivity contribution in [3.8, 4) is 0 Å². The first kappa shape index (κ1) is 15.3. The quantitative estimate of drug-likeness (QED) is 0.876. The van der Waals surface area contributed by atoms with Crippen molar-refractivity contribution >= 4 is 11.5 Å². The van der Waals surface area contributed by atoms with Crippen LogP contribution in [0.4, 0.5) is 10.1 Å². The van der Waals surface area contributed by atoms with E-state index < -0.39 is 0 Å². The monoisotopic (exact) mass is 324 g/mol. The van der Waals surface area contributed by atoms with Gasteiger partial charge in [0, 0.05) is 36.7 Å². The first-order chi connectivity index (χ1) is 11.6. The number of rotatable bonds is 3. The molecule has 2 aromatic rings. The number of nitrogens with two attached hydrogens (primary N) is 1. The average molecular weight is 324 g/mol. The van der Waals surface area contributed by atoms with E-state index in [9.17, 15) is 9.18 Å². The molecule has 5 rings (SSSR count). The average Bonchev–Trinajstić information content (AvgIpc) is 2.59. The SMILES string of the molecule is Nc1ccc(C2C3CCC(CC3=O)N2Cc2ccc(F)cc2)cc1. The van der Waals surface area contributed by atoms with E-state index in [1.807, 2.05) is 36.4 Å². The van der Waals surface area contributed by atoms with Gasteiger partial charge in [-0.1, -0.05) is 24.3 Å². The van der Waals surface area contributed by atoms with Crippen LogP contribution in [0.15, 0.2) is 48.5 Å². The molecular formula is C20H21FN2O. The molecule has 2 bridgehead atoms. The minimum absolute atomic E-state index is 0.0547. The summed E-state index contributed by atoms with van der Waals surface area (Å²) in [5.74, 6) is 0.215. The number of piperidine rings is 2. The van der Waals surface area contributed by atoms with Gasteiger partial charge in [0.05, 0.1) is 0 Å². The third-order valence-electron chi connectivity index (χ3n) is 5.43. The number of hydrogen-bond acceptors (Lipinski definition) is 3. The lowest BCUT2D eigenvalue weighted by molar-refractivity contribution is -0.138. The maximum Gasteiger partial charge on any atom is 0.139 e. The molecule has 1 saturated carbocycles. The molecule has 124 valence electrons. The Labute approximate surface area is 141 Å². The van der Waals surface area contributed by atoms with Gasteiger partial charge in [0.1, 0.15) is 11.6 Å². The van der Waals surface area contributed by atoms with Crippen molar-refractivity contribution in [2.75, 3.05) is 5.73 Å². The van der Waals surface area contributed by atoms with Gasteiger partial charge >= 0.3 is 0 Å². The van der Waals surface area contributed by atoms with E-state index in [2.05, 4.69) is 4.90 Å². The standard InChI is InChI=1S/C20H21FN2O/c21-15-5-1-13(2-6-15)12-23-17-9-10-18(19(24)11-17)20(23)14-3-7-16(22)8-4-14/h1-8,17-18,20H,9-12,22H2. The summed E-state index contributed by atoms with van der Waals surface area (Å²) >= 11 is 0. The van der Waals surface area contributed by atoms with Crippen molar-refractivity contribution in [3.63, 3.8) is 0 Å². The number of anilines is 1. The molecule has 2 aromatic carbocycles. The van der Waals surface area contributed by atoms with Crippen molar-refractivity contribution in [2.24, 2.45) is 5.92 Å². The minimum atomic E-state index is -0.218. The van der Waals surface area contributed by atoms with E-state index in [-0.39, 0.29) is 23.8 Å². The summed E-state index contributed by atoms with van der Waals surface area (Å²) in [6.45, 7) is 0.740. The summed E-state index contributed by atoms with van der Waals surface area (Å²) in [5.41, 5.74) is 8.78. The highest BCUT2D eigenvalue weighted by Gasteiger charge is 2.46. The van der Waals surface area contributed by atoms with Gasteiger partial charge in [-0.15, -0.1) is 0 Å². The first-order valence-electron chi connectivity index (χ1n) is 8.50. The number of Topliss-reactive ketones (excluding diaryl/α,β-unsaturated/α-hetero) is 1. The third-order valence-corrected chi connectivity index (χ3v) is 5.43. The number of halogens is 1. The molecule has 3 atom stereocenters. The molecule has 3 nitrogen and oxygen atoms in total. The zero-order valence-electron chi connectivity index (χ0n) is 13.5. The van der Waals surface area contributed by atoms with E-state index in [1.165, 1.54) is 12.1 Å². The van der Waals surface area contributed by atoms with Crippen LogP contribution < -0.4 is 5.73 Å². The Balaban J connectivity index is 1.67. The van der Waals surface area contributed by atoms with Gasteiger partial charge in [0.25, 0.3) is 0 Å². The Morgan fingerprint density at radius 3 is 2.42 bits per heavy atom. The van der Waals surface area contributed by atoms with E-state index in [1.54, 1.807) is 0 Å². The highest BCUT2D eigenvalue weighted by molar-refractivity contribution is 5.84. The normalized spacial score (nSPS) is 26.7. The van der Waals surface area contributed by atoms with Crippen LogP contribution in [-0.4, -0.2) is 16.7 Å². The Morgan fingerprint density at radius 2 is 1.75 bits per heavy atom. The lowest BCUT2D eigenvalue weighted by Gasteiger charge is -2.50. The summed E-state index contributed by atoms with van der Waals surface area (Å²) in [7, 11) is 0. The maximum absolute atomic E-state index is 13.2. The molecule has 0 aromatic heterocycles. The summed E-state index contributed by atoms with van der Waals surface area (Å²) in [6.07, 6.45) is 2.65. The fraction of sp³-hybridized carbons (Fsp3) is 0.350. The predicted octanol–water partition coefficient (Wildman–Crippen LogP) is 3.70. The van der Waals surface area contributed by atoms with Crippen molar-refractivity contribution in [3.05, 3.63) is 65.5 Å². The van der Waals surface area contributed by atoms with E-state index in [0.717, 1.165) is 36.2 Å². The fourth-order valence-electron chi connectivity index (χ4n) is 4.24. The van der Waals surface area contributed by atoms with Crippen LogP contribution in [0, 0.1) is 11.7 Å². The van der Waals surface area contributed by atoms with Crippen LogP contribution in [-0.2, 0) is 11.3 Å². The Kier molecular flexibility index (Phi) is 3.85. The third kappa shape index (κ3) is 2.71. The van der Waals surface area contributed by atoms with Crippen LogP contribution >= 0.6 is 0 Å². The molecule has 2 aliphatic heterocycles. The minimum Gasteiger partial charge on any atom is -0.399 e. The largest absolute Gasteiger partial charge is 0.399 e. The number of carbonyl (C=O) groups is 1. The molecule has 2 N–H and O–H groups in total. The van der Waals surface area contributed by atoms with Gasteiger partial charge in [-0.05, 0) is 48.2 Å². The second-order valence-electron chi connectivity index (χ2n) is 6.92. The van der Waals surface area contributed by atoms with E-state index in [0.29, 0.717) is 12.2 Å². The maximum atomic E-state index is 13.2. The highest BCUT2D eigenvalue weighted by atomic mass is 19.1. The van der Waals surface area contributed by atoms with Crippen LogP contribution in [0.5, 0.6) is 0 Å². The number of carbonyl (C=O) groups excluding carboxylic acids is 1. The van der Waals surface area contributed by atoms with Crippen molar-refractivity contribution in [2.45, 2.75) is 37.9 Å². The van der Waals surface area contributed by atoms with Crippen molar-refractivity contribution in [1.29, 1.82) is 0 Å². The zero-order chi connectivity index (χ0) is 16.7. The molecular weight excluding hydrogens is 303 g/mol. The van der Waals surface area contributed by atoms with Gasteiger partial charge in [-0.3, -0.25) is 9.69 Å². The summed E-state index contributed by atoms with van der Waals surface area (Å²) in [6, 6.07) is 14.9. The molecule has 2 saturated heterocycles. The van der Waals surface area contributed by atoms with Gasteiger partial charge < -0.3 is 5.73 Å². The highest BCUT2D eigenvalue weighted by Crippen LogP contribution is 2.46. The molecule has 3 fully saturated rings. The topological polar surface area (TPSA) is 46.3 Å². The smallest absolute Gasteiger partial charge is 0.139 e. The number of nitrogen functional groups attached to an aromatic ring is 1. The Hall–Kier alpha value is -2.20. The molecule has 0 spiro atoms. The van der Waals surface area contributed by atoms with Gasteiger partial charge in [0.2, 0.25) is 0 Å². The molecule has 0 amide bonds. The summed E-state index contributed by atoms with van der Waals surface area (Å²) in [5, 5.41) is 0. The molecule has 2 heterocycles. The van der Waals surface area contributed by atoms with Gasteiger partial charge in [-0.25, -0.2) is 4.39 Å². The zero-order valence-corrected chi connectivity index (χ0v) is 13.5. The van der Waals surface area contributed by atoms with Crippen LogP contribution in [0.3, 0.4) is 0 Å². The Bertz CT molecular complexity index is 741. The Morgan fingerprint density at radius 1 is 1.04 bits per heavy atom. The van der Waals surface area contributed by atoms with Crippen LogP contribution in [0.25, 0.3) is 0 Å². The summed E-state index contributed by atoms with van der Waals surface area (Å²) in [4.78, 5) is 14.9. The predicted molar refractivity (Wildman–Crippen MR) is 91.7 cm³/mol. The van der Waals surface area contributed by atoms with Crippen molar-refractivity contribution < 1.29 is 9.18 Å². The number of nitrogens with zero attached hydrogens (tertiary/aromatic N) is 1. The van der Waals surface area contributed by atoms with E-state index >= 15 is 0 Å². The molecule has 1 aliphatic carbocycles. The number of hydrogen-bond donors (Lipinski definition) is 1. The number of fused-ring (bicyclic) bond motifs is 3. The molecule has 24 heavy (non-hydrogen) atoms. The fourth-order valence-corrected chi connectivity index (χ4v) is 4.24. The van der Waals surface area contributed by atoms with E-state index in [4.69, 9.17) is 5.73 Å². The van der Waals surface area contributed by atoms with Crippen LogP contribution in [0.2, 0.25) is 0 Å². The molecule has 0 radical (unpaired) electrons. The van der Waals surface area contributed by atoms with Gasteiger partial charge in [0.15, 0.2) is 0 Å². The number of benzene rings is 2.